The Balaban J connectivity index is 1.98. The number of nitrogens with one attached hydrogen (secondary N) is 1. The molecule has 0 aliphatic rings. The summed E-state index contributed by atoms with van der Waals surface area (Å²) >= 11 is 0. The van der Waals surface area contributed by atoms with Crippen LogP contribution in [0.3, 0.4) is 0 Å². The van der Waals surface area contributed by atoms with Gasteiger partial charge in [0.2, 0.25) is 0 Å². The summed E-state index contributed by atoms with van der Waals surface area (Å²) in [7, 11) is 0. The lowest BCUT2D eigenvalue weighted by molar-refractivity contribution is -0.137. The van der Waals surface area contributed by atoms with Crippen LogP contribution in [0.15, 0.2) is 30.3 Å². The van der Waals surface area contributed by atoms with Crippen molar-refractivity contribution in [3.05, 3.63) is 52.8 Å². The maximum atomic E-state index is 12.6. The van der Waals surface area contributed by atoms with Crippen LogP contribution in [0.1, 0.15) is 40.7 Å². The highest BCUT2D eigenvalue weighted by Gasteiger charge is 2.30. The van der Waals surface area contributed by atoms with Gasteiger partial charge in [-0.1, -0.05) is 25.5 Å². The van der Waals surface area contributed by atoms with E-state index in [9.17, 15) is 18.0 Å². The molecule has 0 amide bonds. The van der Waals surface area contributed by atoms with Gasteiger partial charge in [0.05, 0.1) is 5.56 Å². The van der Waals surface area contributed by atoms with Crippen LogP contribution in [0.4, 0.5) is 13.2 Å². The van der Waals surface area contributed by atoms with Crippen LogP contribution in [0.2, 0.25) is 0 Å². The number of esters is 1. The average molecular weight is 312 g/mol. The van der Waals surface area contributed by atoms with Gasteiger partial charge < -0.3 is 4.74 Å². The van der Waals surface area contributed by atoms with E-state index < -0.39 is 17.7 Å². The number of rotatable bonds is 5. The summed E-state index contributed by atoms with van der Waals surface area (Å²) in [5.74, 6) is -0.670. The highest BCUT2D eigenvalue weighted by molar-refractivity contribution is 5.87. The van der Waals surface area contributed by atoms with E-state index in [1.807, 2.05) is 6.92 Å². The first-order valence-electron chi connectivity index (χ1n) is 6.77. The summed E-state index contributed by atoms with van der Waals surface area (Å²) < 4.78 is 42.7. The van der Waals surface area contributed by atoms with Crippen molar-refractivity contribution in [2.24, 2.45) is 0 Å². The van der Waals surface area contributed by atoms with Crippen molar-refractivity contribution in [1.82, 2.24) is 10.2 Å². The number of alkyl halides is 3. The fourth-order valence-electron chi connectivity index (χ4n) is 1.92. The maximum Gasteiger partial charge on any atom is 0.416 e. The number of aryl methyl sites for hydroxylation is 1. The summed E-state index contributed by atoms with van der Waals surface area (Å²) in [4.78, 5) is 11.8. The fraction of sp³-hybridized carbons (Fsp3) is 0.333. The molecule has 2 aromatic rings. The molecule has 118 valence electrons. The lowest BCUT2D eigenvalue weighted by Crippen LogP contribution is -2.08. The zero-order chi connectivity index (χ0) is 16.2. The van der Waals surface area contributed by atoms with Crippen molar-refractivity contribution in [2.45, 2.75) is 32.5 Å². The molecule has 1 heterocycles. The standard InChI is InChI=1S/C15H15F3N2O2/c1-2-4-12-8-13(20-19-12)14(21)22-9-10-5-3-6-11(7-10)15(16,17)18/h3,5-8H,2,4,9H2,1H3,(H,19,20). The number of hydrogen-bond donors (Lipinski definition) is 1. The number of hydrogen-bond acceptors (Lipinski definition) is 3. The molecule has 2 rings (SSSR count). The molecular weight excluding hydrogens is 297 g/mol. The summed E-state index contributed by atoms with van der Waals surface area (Å²) in [6.45, 7) is 1.76. The van der Waals surface area contributed by atoms with Crippen molar-refractivity contribution >= 4 is 5.97 Å². The molecule has 0 unspecified atom stereocenters. The van der Waals surface area contributed by atoms with E-state index in [1.54, 1.807) is 6.07 Å². The molecule has 1 aromatic carbocycles. The Bertz CT molecular complexity index is 650. The van der Waals surface area contributed by atoms with Crippen molar-refractivity contribution in [1.29, 1.82) is 0 Å². The number of carbonyl (C=O) groups is 1. The zero-order valence-electron chi connectivity index (χ0n) is 11.9. The van der Waals surface area contributed by atoms with Crippen LogP contribution >= 0.6 is 0 Å². The van der Waals surface area contributed by atoms with Crippen LogP contribution in [0, 0.1) is 0 Å². The number of H-pyrrole nitrogens is 1. The zero-order valence-corrected chi connectivity index (χ0v) is 11.9. The number of ether oxygens (including phenoxy) is 1. The molecule has 0 aliphatic carbocycles. The quantitative estimate of drug-likeness (QED) is 0.856. The van der Waals surface area contributed by atoms with Gasteiger partial charge in [0.15, 0.2) is 5.69 Å². The van der Waals surface area contributed by atoms with E-state index >= 15 is 0 Å². The minimum atomic E-state index is -4.42. The van der Waals surface area contributed by atoms with Crippen LogP contribution in [-0.2, 0) is 23.9 Å². The third kappa shape index (κ3) is 4.09. The van der Waals surface area contributed by atoms with Crippen molar-refractivity contribution in [3.63, 3.8) is 0 Å². The number of halogens is 3. The monoisotopic (exact) mass is 312 g/mol. The third-order valence-corrected chi connectivity index (χ3v) is 2.98. The molecule has 0 saturated heterocycles. The fourth-order valence-corrected chi connectivity index (χ4v) is 1.92. The van der Waals surface area contributed by atoms with E-state index in [0.29, 0.717) is 0 Å². The smallest absolute Gasteiger partial charge is 0.416 e. The molecule has 7 heteroatoms. The molecule has 0 bridgehead atoms. The largest absolute Gasteiger partial charge is 0.456 e. The molecule has 22 heavy (non-hydrogen) atoms. The Hall–Kier alpha value is -2.31. The lowest BCUT2D eigenvalue weighted by atomic mass is 10.1. The molecule has 0 aliphatic heterocycles. The highest BCUT2D eigenvalue weighted by Crippen LogP contribution is 2.29. The second kappa shape index (κ2) is 6.64. The molecule has 0 radical (unpaired) electrons. The van der Waals surface area contributed by atoms with Crippen molar-refractivity contribution in [2.75, 3.05) is 0 Å². The maximum absolute atomic E-state index is 12.6. The van der Waals surface area contributed by atoms with Crippen LogP contribution in [-0.4, -0.2) is 16.2 Å². The predicted molar refractivity (Wildman–Crippen MR) is 73.1 cm³/mol. The van der Waals surface area contributed by atoms with Gasteiger partial charge in [-0.05, 0) is 30.2 Å². The average Bonchev–Trinajstić information content (AvgIpc) is 2.93. The molecular formula is C15H15F3N2O2. The van der Waals surface area contributed by atoms with Gasteiger partial charge in [-0.25, -0.2) is 4.79 Å². The molecule has 4 nitrogen and oxygen atoms in total. The summed E-state index contributed by atoms with van der Waals surface area (Å²) in [5.41, 5.74) is 0.433. The van der Waals surface area contributed by atoms with Crippen molar-refractivity contribution in [3.8, 4) is 0 Å². The summed E-state index contributed by atoms with van der Waals surface area (Å²) in [6, 6.07) is 6.25. The second-order valence-electron chi connectivity index (χ2n) is 4.80. The molecule has 1 N–H and O–H groups in total. The van der Waals surface area contributed by atoms with Crippen LogP contribution < -0.4 is 0 Å². The van der Waals surface area contributed by atoms with Gasteiger partial charge in [-0.3, -0.25) is 5.10 Å². The van der Waals surface area contributed by atoms with Gasteiger partial charge >= 0.3 is 12.1 Å². The first-order valence-corrected chi connectivity index (χ1v) is 6.77. The highest BCUT2D eigenvalue weighted by atomic mass is 19.4. The minimum Gasteiger partial charge on any atom is -0.456 e. The van der Waals surface area contributed by atoms with E-state index in [2.05, 4.69) is 10.2 Å². The van der Waals surface area contributed by atoms with Crippen molar-refractivity contribution < 1.29 is 22.7 Å². The second-order valence-corrected chi connectivity index (χ2v) is 4.80. The van der Waals surface area contributed by atoms with Gasteiger partial charge in [0.25, 0.3) is 0 Å². The summed E-state index contributed by atoms with van der Waals surface area (Å²) in [6.07, 6.45) is -2.76. The van der Waals surface area contributed by atoms with E-state index in [-0.39, 0.29) is 17.9 Å². The molecule has 0 atom stereocenters. The number of nitrogens with zero attached hydrogens (tertiary/aromatic N) is 1. The van der Waals surface area contributed by atoms with E-state index in [1.165, 1.54) is 12.1 Å². The Labute approximate surface area is 125 Å². The van der Waals surface area contributed by atoms with E-state index in [0.717, 1.165) is 30.7 Å². The minimum absolute atomic E-state index is 0.121. The Morgan fingerprint density at radius 1 is 1.32 bits per heavy atom. The topological polar surface area (TPSA) is 55.0 Å². The van der Waals surface area contributed by atoms with E-state index in [4.69, 9.17) is 4.74 Å². The van der Waals surface area contributed by atoms with Gasteiger partial charge in [0.1, 0.15) is 6.61 Å². The normalized spacial score (nSPS) is 11.5. The molecule has 0 fully saturated rings. The number of benzene rings is 1. The Kier molecular flexibility index (Phi) is 4.85. The van der Waals surface area contributed by atoms with Gasteiger partial charge in [-0.15, -0.1) is 0 Å². The molecule has 1 aromatic heterocycles. The molecule has 0 saturated carbocycles. The predicted octanol–water partition coefficient (Wildman–Crippen LogP) is 3.74. The van der Waals surface area contributed by atoms with Crippen LogP contribution in [0.5, 0.6) is 0 Å². The lowest BCUT2D eigenvalue weighted by Gasteiger charge is -2.08. The van der Waals surface area contributed by atoms with Gasteiger partial charge in [-0.2, -0.15) is 18.3 Å². The SMILES string of the molecule is CCCc1cc(C(=O)OCc2cccc(C(F)(F)F)c2)n[nH]1. The molecule has 0 spiro atoms. The summed E-state index contributed by atoms with van der Waals surface area (Å²) in [5, 5.41) is 6.54. The Morgan fingerprint density at radius 3 is 2.77 bits per heavy atom. The number of carbonyl (C=O) groups excluding carboxylic acids is 1. The first-order chi connectivity index (χ1) is 10.4. The third-order valence-electron chi connectivity index (χ3n) is 2.98. The number of aromatic nitrogens is 2. The first kappa shape index (κ1) is 16.1. The Morgan fingerprint density at radius 2 is 2.09 bits per heavy atom. The number of aromatic amines is 1. The van der Waals surface area contributed by atoms with Crippen LogP contribution in [0.25, 0.3) is 0 Å². The van der Waals surface area contributed by atoms with Gasteiger partial charge in [0, 0.05) is 5.69 Å².